The van der Waals surface area contributed by atoms with E-state index < -0.39 is 5.60 Å². The summed E-state index contributed by atoms with van der Waals surface area (Å²) in [6.45, 7) is 2.55. The predicted molar refractivity (Wildman–Crippen MR) is 111 cm³/mol. The number of aromatic amines is 1. The standard InChI is InChI=1S/C18H16N8O2S2/c1-3-26-11-9-10(13-22-24-25-23-13)15(28-2)20-14(11)21-16(26)18(27,12-5-4-7-29-12)17-19-6-8-30-17/h4-9,27H,3H2,1-2H3,(H,22,23,24,25). The number of rotatable bonds is 6. The lowest BCUT2D eigenvalue weighted by atomic mass is 10.0. The molecule has 10 nitrogen and oxygen atoms in total. The molecule has 0 bridgehead atoms. The number of thiazole rings is 1. The molecule has 0 spiro atoms. The van der Waals surface area contributed by atoms with Crippen molar-refractivity contribution in [2.75, 3.05) is 7.11 Å². The van der Waals surface area contributed by atoms with Crippen LogP contribution in [0.1, 0.15) is 22.6 Å². The van der Waals surface area contributed by atoms with Crippen LogP contribution in [0.2, 0.25) is 0 Å². The van der Waals surface area contributed by atoms with E-state index in [4.69, 9.17) is 9.72 Å². The first-order valence-electron chi connectivity index (χ1n) is 9.02. The molecule has 5 aromatic rings. The van der Waals surface area contributed by atoms with Crippen LogP contribution in [0.5, 0.6) is 5.88 Å². The first kappa shape index (κ1) is 18.8. The third-order valence-corrected chi connectivity index (χ3v) is 6.61. The third kappa shape index (κ3) is 2.72. The second kappa shape index (κ2) is 7.23. The molecule has 0 saturated heterocycles. The quantitative estimate of drug-likeness (QED) is 0.412. The van der Waals surface area contributed by atoms with Crippen molar-refractivity contribution in [1.29, 1.82) is 0 Å². The summed E-state index contributed by atoms with van der Waals surface area (Å²) in [6.07, 6.45) is 1.67. The lowest BCUT2D eigenvalue weighted by Gasteiger charge is -2.25. The summed E-state index contributed by atoms with van der Waals surface area (Å²) >= 11 is 2.82. The number of nitrogens with zero attached hydrogens (tertiary/aromatic N) is 7. The van der Waals surface area contributed by atoms with Gasteiger partial charge in [-0.1, -0.05) is 6.07 Å². The fourth-order valence-corrected chi connectivity index (χ4v) is 5.05. The highest BCUT2D eigenvalue weighted by Gasteiger charge is 2.42. The van der Waals surface area contributed by atoms with E-state index in [0.29, 0.717) is 40.3 Å². The highest BCUT2D eigenvalue weighted by atomic mass is 32.1. The van der Waals surface area contributed by atoms with Crippen molar-refractivity contribution in [3.05, 3.63) is 50.9 Å². The van der Waals surface area contributed by atoms with E-state index in [-0.39, 0.29) is 0 Å². The fraction of sp³-hybridized carbons (Fsp3) is 0.222. The van der Waals surface area contributed by atoms with Crippen LogP contribution in [0.4, 0.5) is 0 Å². The van der Waals surface area contributed by atoms with Crippen molar-refractivity contribution in [1.82, 2.24) is 40.1 Å². The Hall–Kier alpha value is -3.22. The van der Waals surface area contributed by atoms with Crippen LogP contribution >= 0.6 is 22.7 Å². The Kier molecular flexibility index (Phi) is 4.53. The maximum atomic E-state index is 12.0. The van der Waals surface area contributed by atoms with E-state index in [9.17, 15) is 5.11 Å². The Morgan fingerprint density at radius 2 is 2.17 bits per heavy atom. The summed E-state index contributed by atoms with van der Waals surface area (Å²) in [5.74, 6) is 1.13. The molecule has 30 heavy (non-hydrogen) atoms. The highest BCUT2D eigenvalue weighted by Crippen LogP contribution is 2.41. The molecule has 0 radical (unpaired) electrons. The topological polar surface area (TPSA) is 128 Å². The average Bonchev–Trinajstić information content (AvgIpc) is 3.58. The Morgan fingerprint density at radius 3 is 2.80 bits per heavy atom. The number of ether oxygens (including phenoxy) is 1. The van der Waals surface area contributed by atoms with Crippen molar-refractivity contribution >= 4 is 33.8 Å². The number of aliphatic hydroxyl groups is 1. The van der Waals surface area contributed by atoms with E-state index in [1.165, 1.54) is 29.8 Å². The second-order valence-electron chi connectivity index (χ2n) is 6.33. The van der Waals surface area contributed by atoms with Gasteiger partial charge in [-0.2, -0.15) is 10.2 Å². The normalized spacial score (nSPS) is 13.6. The molecular formula is C18H16N8O2S2. The van der Waals surface area contributed by atoms with Gasteiger partial charge in [0.05, 0.1) is 23.1 Å². The van der Waals surface area contributed by atoms with Crippen LogP contribution < -0.4 is 4.74 Å². The number of tetrazole rings is 1. The minimum Gasteiger partial charge on any atom is -0.480 e. The van der Waals surface area contributed by atoms with Gasteiger partial charge in [-0.3, -0.25) is 0 Å². The van der Waals surface area contributed by atoms with Crippen molar-refractivity contribution in [3.63, 3.8) is 0 Å². The number of thiophene rings is 1. The largest absolute Gasteiger partial charge is 0.480 e. The van der Waals surface area contributed by atoms with E-state index in [2.05, 4.69) is 30.6 Å². The van der Waals surface area contributed by atoms with Gasteiger partial charge in [0.2, 0.25) is 17.3 Å². The first-order valence-corrected chi connectivity index (χ1v) is 10.8. The first-order chi connectivity index (χ1) is 14.7. The molecule has 5 heterocycles. The monoisotopic (exact) mass is 440 g/mol. The van der Waals surface area contributed by atoms with E-state index in [1.807, 2.05) is 40.5 Å². The summed E-state index contributed by atoms with van der Waals surface area (Å²) in [7, 11) is 1.52. The summed E-state index contributed by atoms with van der Waals surface area (Å²) in [5, 5.41) is 30.4. The molecule has 0 aliphatic carbocycles. The van der Waals surface area contributed by atoms with Crippen LogP contribution in [0, 0.1) is 0 Å². The summed E-state index contributed by atoms with van der Waals surface area (Å²) in [5.41, 5.74) is 0.245. The fourth-order valence-electron chi connectivity index (χ4n) is 3.42. The van der Waals surface area contributed by atoms with E-state index in [1.54, 1.807) is 6.20 Å². The number of imidazole rings is 1. The van der Waals surface area contributed by atoms with Gasteiger partial charge in [-0.15, -0.1) is 32.9 Å². The van der Waals surface area contributed by atoms with Gasteiger partial charge < -0.3 is 14.4 Å². The van der Waals surface area contributed by atoms with Gasteiger partial charge in [0, 0.05) is 18.1 Å². The molecule has 1 unspecified atom stereocenters. The van der Waals surface area contributed by atoms with Gasteiger partial charge >= 0.3 is 0 Å². The van der Waals surface area contributed by atoms with Crippen LogP contribution in [0.15, 0.2) is 35.2 Å². The number of H-pyrrole nitrogens is 1. The van der Waals surface area contributed by atoms with Gasteiger partial charge in [0.15, 0.2) is 11.5 Å². The zero-order valence-corrected chi connectivity index (χ0v) is 17.6. The van der Waals surface area contributed by atoms with Crippen molar-refractivity contribution in [2.45, 2.75) is 19.1 Å². The SMILES string of the molecule is CCn1c(C(O)(c2cccs2)c2nccs2)nc2nc(OC)c(-c3nn[nH]n3)cc21. The van der Waals surface area contributed by atoms with Gasteiger partial charge in [0.1, 0.15) is 5.01 Å². The van der Waals surface area contributed by atoms with Crippen molar-refractivity contribution in [3.8, 4) is 17.3 Å². The number of nitrogens with one attached hydrogen (secondary N) is 1. The van der Waals surface area contributed by atoms with E-state index in [0.717, 1.165) is 10.4 Å². The molecule has 0 saturated carbocycles. The molecule has 0 aliphatic rings. The van der Waals surface area contributed by atoms with Crippen molar-refractivity contribution in [2.24, 2.45) is 0 Å². The highest BCUT2D eigenvalue weighted by molar-refractivity contribution is 7.11. The van der Waals surface area contributed by atoms with Gasteiger partial charge in [0.25, 0.3) is 0 Å². The number of aryl methyl sites for hydroxylation is 1. The minimum absolute atomic E-state index is 0.324. The molecule has 0 aliphatic heterocycles. The molecular weight excluding hydrogens is 424 g/mol. The van der Waals surface area contributed by atoms with Crippen LogP contribution in [-0.2, 0) is 12.1 Å². The predicted octanol–water partition coefficient (Wildman–Crippen LogP) is 2.44. The number of fused-ring (bicyclic) bond motifs is 1. The zero-order valence-electron chi connectivity index (χ0n) is 16.0. The molecule has 0 fully saturated rings. The molecule has 2 N–H and O–H groups in total. The third-order valence-electron chi connectivity index (χ3n) is 4.75. The van der Waals surface area contributed by atoms with Gasteiger partial charge in [-0.25, -0.2) is 9.97 Å². The molecule has 152 valence electrons. The zero-order chi connectivity index (χ0) is 20.7. The Balaban J connectivity index is 1.81. The maximum Gasteiger partial charge on any atom is 0.226 e. The number of hydrogen-bond acceptors (Lipinski definition) is 10. The van der Waals surface area contributed by atoms with Crippen LogP contribution in [0.3, 0.4) is 0 Å². The Bertz CT molecular complexity index is 1250. The minimum atomic E-state index is -1.50. The Labute approximate surface area is 178 Å². The van der Waals surface area contributed by atoms with Gasteiger partial charge in [-0.05, 0) is 29.6 Å². The average molecular weight is 441 g/mol. The second-order valence-corrected chi connectivity index (χ2v) is 8.17. The molecule has 0 amide bonds. The molecule has 0 aromatic carbocycles. The molecule has 1 atom stereocenters. The Morgan fingerprint density at radius 1 is 1.27 bits per heavy atom. The molecule has 5 rings (SSSR count). The number of hydrogen-bond donors (Lipinski definition) is 2. The van der Waals surface area contributed by atoms with Crippen molar-refractivity contribution < 1.29 is 9.84 Å². The summed E-state index contributed by atoms with van der Waals surface area (Å²) in [6, 6.07) is 5.63. The summed E-state index contributed by atoms with van der Waals surface area (Å²) < 4.78 is 7.36. The molecule has 12 heteroatoms. The number of pyridine rings is 1. The summed E-state index contributed by atoms with van der Waals surface area (Å²) in [4.78, 5) is 14.4. The number of methoxy groups -OCH3 is 1. The molecule has 5 aromatic heterocycles. The van der Waals surface area contributed by atoms with E-state index >= 15 is 0 Å². The maximum absolute atomic E-state index is 12.0. The number of aromatic nitrogens is 8. The smallest absolute Gasteiger partial charge is 0.226 e. The van der Waals surface area contributed by atoms with Crippen LogP contribution in [-0.4, -0.2) is 52.4 Å². The van der Waals surface area contributed by atoms with Crippen LogP contribution in [0.25, 0.3) is 22.6 Å². The lowest BCUT2D eigenvalue weighted by molar-refractivity contribution is 0.115. The lowest BCUT2D eigenvalue weighted by Crippen LogP contribution is -2.31.